The van der Waals surface area contributed by atoms with Crippen LogP contribution in [0.4, 0.5) is 14.6 Å². The van der Waals surface area contributed by atoms with Gasteiger partial charge in [0.05, 0.1) is 13.1 Å². The van der Waals surface area contributed by atoms with Crippen LogP contribution in [-0.2, 0) is 10.0 Å². The van der Waals surface area contributed by atoms with E-state index in [-0.39, 0.29) is 10.7 Å². The molecule has 2 heterocycles. The summed E-state index contributed by atoms with van der Waals surface area (Å²) in [4.78, 5) is 3.40. The fraction of sp³-hybridized carbons (Fsp3) is 0.375. The van der Waals surface area contributed by atoms with Gasteiger partial charge in [-0.15, -0.1) is 0 Å². The third-order valence-corrected chi connectivity index (χ3v) is 4.54. The molecule has 1 aliphatic rings. The van der Waals surface area contributed by atoms with Crippen molar-refractivity contribution in [2.75, 3.05) is 18.8 Å². The normalized spacial score (nSPS) is 19.9. The fourth-order valence-corrected chi connectivity index (χ4v) is 3.49. The van der Waals surface area contributed by atoms with Crippen molar-refractivity contribution in [1.82, 2.24) is 9.29 Å². The molecule has 1 aromatic rings. The highest BCUT2D eigenvalue weighted by Crippen LogP contribution is 2.33. The van der Waals surface area contributed by atoms with Gasteiger partial charge >= 0.3 is 0 Å². The number of nitrogen functional groups attached to an aromatic ring is 1. The molecular formula is C8H8BrF2N3O2S. The minimum atomic E-state index is -3.99. The summed E-state index contributed by atoms with van der Waals surface area (Å²) in [6.07, 6.45) is 1.33. The van der Waals surface area contributed by atoms with Crippen molar-refractivity contribution in [2.24, 2.45) is 0 Å². The van der Waals surface area contributed by atoms with Crippen LogP contribution in [0.3, 0.4) is 0 Å². The Morgan fingerprint density at radius 1 is 1.47 bits per heavy atom. The number of pyridine rings is 1. The average Bonchev–Trinajstić information content (AvgIpc) is 2.18. The lowest BCUT2D eigenvalue weighted by molar-refractivity contribution is -0.0945. The molecule has 1 aromatic heterocycles. The first-order chi connectivity index (χ1) is 7.72. The van der Waals surface area contributed by atoms with Crippen molar-refractivity contribution in [1.29, 1.82) is 0 Å². The molecule has 2 rings (SSSR count). The van der Waals surface area contributed by atoms with Gasteiger partial charge < -0.3 is 5.73 Å². The van der Waals surface area contributed by atoms with Crippen molar-refractivity contribution < 1.29 is 17.2 Å². The third-order valence-electron chi connectivity index (χ3n) is 2.28. The van der Waals surface area contributed by atoms with E-state index >= 15 is 0 Å². The first-order valence-corrected chi connectivity index (χ1v) is 6.75. The van der Waals surface area contributed by atoms with Crippen LogP contribution < -0.4 is 5.73 Å². The van der Waals surface area contributed by atoms with Crippen LogP contribution in [0, 0.1) is 0 Å². The largest absolute Gasteiger partial charge is 0.383 e. The second-order valence-corrected chi connectivity index (χ2v) is 6.49. The van der Waals surface area contributed by atoms with Crippen molar-refractivity contribution in [3.63, 3.8) is 0 Å². The van der Waals surface area contributed by atoms with E-state index in [1.54, 1.807) is 0 Å². The summed E-state index contributed by atoms with van der Waals surface area (Å²) in [5.41, 5.74) is 5.43. The van der Waals surface area contributed by atoms with Gasteiger partial charge in [-0.3, -0.25) is 0 Å². The summed E-state index contributed by atoms with van der Waals surface area (Å²) in [6, 6.07) is 1.24. The Kier molecular flexibility index (Phi) is 2.87. The second-order valence-electron chi connectivity index (χ2n) is 3.67. The molecule has 1 saturated heterocycles. The van der Waals surface area contributed by atoms with Gasteiger partial charge in [0.25, 0.3) is 5.92 Å². The molecule has 0 atom stereocenters. The minimum Gasteiger partial charge on any atom is -0.383 e. The molecule has 17 heavy (non-hydrogen) atoms. The molecule has 1 aliphatic heterocycles. The first kappa shape index (κ1) is 12.7. The smallest absolute Gasteiger partial charge is 0.275 e. The molecule has 2 N–H and O–H groups in total. The van der Waals surface area contributed by atoms with E-state index in [0.717, 1.165) is 0 Å². The highest BCUT2D eigenvalue weighted by molar-refractivity contribution is 9.10. The molecule has 0 radical (unpaired) electrons. The Labute approximate surface area is 105 Å². The van der Waals surface area contributed by atoms with Crippen LogP contribution in [-0.4, -0.2) is 36.7 Å². The number of alkyl halides is 2. The maximum Gasteiger partial charge on any atom is 0.275 e. The lowest BCUT2D eigenvalue weighted by Gasteiger charge is -2.37. The van der Waals surface area contributed by atoms with E-state index in [0.29, 0.717) is 8.78 Å². The predicted molar refractivity (Wildman–Crippen MR) is 60.1 cm³/mol. The lowest BCUT2D eigenvalue weighted by Crippen LogP contribution is -2.58. The van der Waals surface area contributed by atoms with Crippen molar-refractivity contribution in [2.45, 2.75) is 10.8 Å². The maximum atomic E-state index is 12.7. The van der Waals surface area contributed by atoms with Crippen LogP contribution in [0.5, 0.6) is 0 Å². The second kappa shape index (κ2) is 3.85. The first-order valence-electron chi connectivity index (χ1n) is 4.51. The summed E-state index contributed by atoms with van der Waals surface area (Å²) >= 11 is 3.05. The Morgan fingerprint density at radius 2 is 2.06 bits per heavy atom. The number of rotatable bonds is 2. The molecule has 1 fully saturated rings. The summed E-state index contributed by atoms with van der Waals surface area (Å²) in [5, 5.41) is 0. The molecule has 0 saturated carbocycles. The zero-order valence-corrected chi connectivity index (χ0v) is 10.8. The molecule has 0 spiro atoms. The SMILES string of the molecule is Nc1ncc(Br)cc1S(=O)(=O)N1CC(F)(F)C1. The van der Waals surface area contributed by atoms with Gasteiger partial charge in [-0.2, -0.15) is 4.31 Å². The predicted octanol–water partition coefficient (Wildman–Crippen LogP) is 1.07. The number of aromatic nitrogens is 1. The molecule has 0 aliphatic carbocycles. The highest BCUT2D eigenvalue weighted by atomic mass is 79.9. The van der Waals surface area contributed by atoms with E-state index in [1.165, 1.54) is 12.3 Å². The van der Waals surface area contributed by atoms with E-state index < -0.39 is 29.0 Å². The average molecular weight is 328 g/mol. The number of halogens is 3. The molecule has 9 heteroatoms. The van der Waals surface area contributed by atoms with Gasteiger partial charge in [0.2, 0.25) is 10.0 Å². The zero-order chi connectivity index (χ0) is 12.8. The maximum absolute atomic E-state index is 12.7. The van der Waals surface area contributed by atoms with Crippen molar-refractivity contribution in [3.05, 3.63) is 16.7 Å². The number of nitrogens with zero attached hydrogens (tertiary/aromatic N) is 2. The molecular weight excluding hydrogens is 320 g/mol. The van der Waals surface area contributed by atoms with E-state index in [1.807, 2.05) is 0 Å². The van der Waals surface area contributed by atoms with Gasteiger partial charge in [-0.05, 0) is 22.0 Å². The highest BCUT2D eigenvalue weighted by Gasteiger charge is 2.50. The standard InChI is InChI=1S/C8H8BrF2N3O2S/c9-5-1-6(7(12)13-2-5)17(15,16)14-3-8(10,11)4-14/h1-2H,3-4H2,(H2,12,13). The molecule has 0 aromatic carbocycles. The van der Waals surface area contributed by atoms with Gasteiger partial charge in [0.1, 0.15) is 10.7 Å². The van der Waals surface area contributed by atoms with E-state index in [2.05, 4.69) is 20.9 Å². The summed E-state index contributed by atoms with van der Waals surface area (Å²) in [6.45, 7) is -1.64. The fourth-order valence-electron chi connectivity index (χ4n) is 1.42. The van der Waals surface area contributed by atoms with Gasteiger partial charge in [-0.25, -0.2) is 22.2 Å². The molecule has 94 valence electrons. The van der Waals surface area contributed by atoms with Crippen LogP contribution in [0.1, 0.15) is 0 Å². The number of hydrogen-bond donors (Lipinski definition) is 1. The number of nitrogens with two attached hydrogens (primary N) is 1. The molecule has 5 nitrogen and oxygen atoms in total. The van der Waals surface area contributed by atoms with Gasteiger partial charge in [0, 0.05) is 10.7 Å². The summed E-state index contributed by atoms with van der Waals surface area (Å²) < 4.78 is 50.2. The van der Waals surface area contributed by atoms with Gasteiger partial charge in [-0.1, -0.05) is 0 Å². The quantitative estimate of drug-likeness (QED) is 0.881. The summed E-state index contributed by atoms with van der Waals surface area (Å²) in [7, 11) is -3.99. The van der Waals surface area contributed by atoms with Crippen LogP contribution in [0.25, 0.3) is 0 Å². The van der Waals surface area contributed by atoms with Gasteiger partial charge in [0.15, 0.2) is 0 Å². The molecule has 0 bridgehead atoms. The lowest BCUT2D eigenvalue weighted by atomic mass is 10.2. The number of anilines is 1. The summed E-state index contributed by atoms with van der Waals surface area (Å²) in [5.74, 6) is -3.16. The molecule has 0 unspecified atom stereocenters. The van der Waals surface area contributed by atoms with E-state index in [9.17, 15) is 17.2 Å². The monoisotopic (exact) mass is 327 g/mol. The Balaban J connectivity index is 2.36. The topological polar surface area (TPSA) is 76.3 Å². The third kappa shape index (κ3) is 2.26. The zero-order valence-electron chi connectivity index (χ0n) is 8.40. The van der Waals surface area contributed by atoms with Crippen LogP contribution in [0.15, 0.2) is 21.6 Å². The Bertz CT molecular complexity index is 556. The van der Waals surface area contributed by atoms with E-state index in [4.69, 9.17) is 5.73 Å². The van der Waals surface area contributed by atoms with Crippen molar-refractivity contribution in [3.8, 4) is 0 Å². The number of sulfonamides is 1. The van der Waals surface area contributed by atoms with Crippen molar-refractivity contribution >= 4 is 31.8 Å². The molecule has 0 amide bonds. The number of hydrogen-bond acceptors (Lipinski definition) is 4. The Morgan fingerprint density at radius 3 is 2.59 bits per heavy atom. The van der Waals surface area contributed by atoms with Crippen LogP contribution >= 0.6 is 15.9 Å². The Hall–Kier alpha value is -0.800. The van der Waals surface area contributed by atoms with Crippen LogP contribution in [0.2, 0.25) is 0 Å². The minimum absolute atomic E-state index is 0.205.